The molecule has 0 aliphatic heterocycles. The van der Waals surface area contributed by atoms with Crippen molar-refractivity contribution in [1.82, 2.24) is 14.4 Å². The maximum Gasteiger partial charge on any atom is 0.259 e. The molecule has 0 aliphatic carbocycles. The van der Waals surface area contributed by atoms with Crippen LogP contribution < -0.4 is 11.3 Å². The lowest BCUT2D eigenvalue weighted by Gasteiger charge is -1.93. The van der Waals surface area contributed by atoms with Gasteiger partial charge in [-0.2, -0.15) is 4.98 Å². The molecule has 0 aliphatic rings. The van der Waals surface area contributed by atoms with Crippen LogP contribution in [0.2, 0.25) is 0 Å². The summed E-state index contributed by atoms with van der Waals surface area (Å²) >= 11 is 0. The van der Waals surface area contributed by atoms with Gasteiger partial charge in [-0.25, -0.2) is 4.40 Å². The third kappa shape index (κ3) is 0.868. The molecule has 0 aromatic carbocycles. The number of hydrogen-bond acceptors (Lipinski definition) is 3. The van der Waals surface area contributed by atoms with E-state index < -0.39 is 0 Å². The zero-order chi connectivity index (χ0) is 8.72. The van der Waals surface area contributed by atoms with E-state index in [0.717, 1.165) is 5.69 Å². The van der Waals surface area contributed by atoms with Gasteiger partial charge in [-0.05, 0) is 6.92 Å². The normalized spacial score (nSPS) is 10.8. The number of nitrogens with one attached hydrogen (secondary N) is 1. The second kappa shape index (κ2) is 2.10. The number of H-pyrrole nitrogens is 1. The molecule has 5 nitrogen and oxygen atoms in total. The minimum Gasteiger partial charge on any atom is -0.382 e. The molecule has 0 saturated carbocycles. The molecule has 3 N–H and O–H groups in total. The maximum absolute atomic E-state index is 11.3. The van der Waals surface area contributed by atoms with Crippen LogP contribution in [0.4, 0.5) is 5.82 Å². The van der Waals surface area contributed by atoms with Crippen molar-refractivity contribution in [2.45, 2.75) is 6.92 Å². The van der Waals surface area contributed by atoms with Gasteiger partial charge in [0, 0.05) is 11.8 Å². The van der Waals surface area contributed by atoms with E-state index in [9.17, 15) is 4.79 Å². The van der Waals surface area contributed by atoms with Crippen LogP contribution in [0.5, 0.6) is 0 Å². The molecule has 2 rings (SSSR count). The van der Waals surface area contributed by atoms with Crippen LogP contribution in [0.25, 0.3) is 5.78 Å². The molecule has 0 radical (unpaired) electrons. The predicted octanol–water partition coefficient (Wildman–Crippen LogP) is -0.0868. The average Bonchev–Trinajstić information content (AvgIpc) is 2.29. The minimum absolute atomic E-state index is 0.120. The Kier molecular flexibility index (Phi) is 1.21. The van der Waals surface area contributed by atoms with Crippen LogP contribution in [-0.2, 0) is 0 Å². The molecule has 0 unspecified atom stereocenters. The lowest BCUT2D eigenvalue weighted by atomic mass is 10.4. The number of hydrogen-bond donors (Lipinski definition) is 2. The first-order valence-corrected chi connectivity index (χ1v) is 3.51. The van der Waals surface area contributed by atoms with Crippen molar-refractivity contribution in [3.63, 3.8) is 0 Å². The molecule has 0 atom stereocenters. The molecular weight excluding hydrogens is 156 g/mol. The monoisotopic (exact) mass is 164 g/mol. The highest BCUT2D eigenvalue weighted by Gasteiger charge is 2.00. The van der Waals surface area contributed by atoms with Crippen molar-refractivity contribution in [1.29, 1.82) is 0 Å². The Hall–Kier alpha value is -1.78. The number of fused-ring (bicyclic) bond motifs is 1. The Morgan fingerprint density at radius 3 is 3.17 bits per heavy atom. The standard InChI is InChI=1S/C7H8N4O/c1-4-2-6(12)11-3-5(8)10-7(11)9-4/h2-3H,8H2,1H3,(H,9,10). The van der Waals surface area contributed by atoms with E-state index in [1.165, 1.54) is 16.7 Å². The molecule has 0 fully saturated rings. The molecule has 2 heterocycles. The summed E-state index contributed by atoms with van der Waals surface area (Å²) in [5, 5.41) is 0. The number of anilines is 1. The number of aromatic amines is 1. The SMILES string of the molecule is Cc1cc(=O)n2cc(N)nc2[nH]1. The van der Waals surface area contributed by atoms with Gasteiger partial charge in [-0.15, -0.1) is 0 Å². The second-order valence-corrected chi connectivity index (χ2v) is 2.65. The first-order valence-electron chi connectivity index (χ1n) is 3.51. The van der Waals surface area contributed by atoms with Gasteiger partial charge in [0.05, 0.1) is 6.20 Å². The summed E-state index contributed by atoms with van der Waals surface area (Å²) in [6, 6.07) is 1.49. The van der Waals surface area contributed by atoms with E-state index in [0.29, 0.717) is 11.6 Å². The van der Waals surface area contributed by atoms with Crippen LogP contribution in [-0.4, -0.2) is 14.4 Å². The second-order valence-electron chi connectivity index (χ2n) is 2.65. The number of imidazole rings is 1. The summed E-state index contributed by atoms with van der Waals surface area (Å²) in [5.74, 6) is 0.825. The van der Waals surface area contributed by atoms with Gasteiger partial charge < -0.3 is 10.7 Å². The largest absolute Gasteiger partial charge is 0.382 e. The van der Waals surface area contributed by atoms with Crippen molar-refractivity contribution in [2.24, 2.45) is 0 Å². The van der Waals surface area contributed by atoms with E-state index in [-0.39, 0.29) is 5.56 Å². The first-order chi connectivity index (χ1) is 5.66. The number of rotatable bonds is 0. The molecule has 2 aromatic rings. The summed E-state index contributed by atoms with van der Waals surface area (Å²) < 4.78 is 1.38. The number of aromatic nitrogens is 3. The number of nitrogens with zero attached hydrogens (tertiary/aromatic N) is 2. The molecule has 12 heavy (non-hydrogen) atoms. The van der Waals surface area contributed by atoms with Gasteiger partial charge in [0.15, 0.2) is 0 Å². The lowest BCUT2D eigenvalue weighted by Crippen LogP contribution is -2.12. The zero-order valence-corrected chi connectivity index (χ0v) is 6.53. The van der Waals surface area contributed by atoms with E-state index in [1.807, 2.05) is 0 Å². The third-order valence-corrected chi connectivity index (χ3v) is 1.61. The Labute approximate surface area is 67.9 Å². The fourth-order valence-corrected chi connectivity index (χ4v) is 1.12. The van der Waals surface area contributed by atoms with Crippen molar-refractivity contribution in [3.05, 3.63) is 28.3 Å². The Morgan fingerprint density at radius 2 is 2.42 bits per heavy atom. The summed E-state index contributed by atoms with van der Waals surface area (Å²) in [5.41, 5.74) is 6.07. The van der Waals surface area contributed by atoms with Crippen molar-refractivity contribution < 1.29 is 0 Å². The summed E-state index contributed by atoms with van der Waals surface area (Å²) in [7, 11) is 0. The van der Waals surface area contributed by atoms with E-state index >= 15 is 0 Å². The molecule has 2 aromatic heterocycles. The topological polar surface area (TPSA) is 76.2 Å². The summed E-state index contributed by atoms with van der Waals surface area (Å²) in [6.45, 7) is 1.80. The molecule has 62 valence electrons. The number of nitrogens with two attached hydrogens (primary N) is 1. The third-order valence-electron chi connectivity index (χ3n) is 1.61. The Morgan fingerprint density at radius 1 is 1.67 bits per heavy atom. The Bertz CT molecular complexity index is 482. The van der Waals surface area contributed by atoms with Crippen molar-refractivity contribution in [3.8, 4) is 0 Å². The van der Waals surface area contributed by atoms with Gasteiger partial charge in [0.25, 0.3) is 5.56 Å². The number of aryl methyl sites for hydroxylation is 1. The van der Waals surface area contributed by atoms with Crippen LogP contribution in [0.1, 0.15) is 5.69 Å². The van der Waals surface area contributed by atoms with Crippen LogP contribution >= 0.6 is 0 Å². The predicted molar refractivity (Wildman–Crippen MR) is 45.0 cm³/mol. The van der Waals surface area contributed by atoms with Gasteiger partial charge in [0.1, 0.15) is 5.82 Å². The molecule has 0 bridgehead atoms. The minimum atomic E-state index is -0.120. The van der Waals surface area contributed by atoms with E-state index in [1.54, 1.807) is 6.92 Å². The molecule has 0 amide bonds. The molecular formula is C7H8N4O. The smallest absolute Gasteiger partial charge is 0.259 e. The zero-order valence-electron chi connectivity index (χ0n) is 6.53. The van der Waals surface area contributed by atoms with Gasteiger partial charge in [-0.1, -0.05) is 0 Å². The van der Waals surface area contributed by atoms with Gasteiger partial charge in [-0.3, -0.25) is 4.79 Å². The first kappa shape index (κ1) is 6.90. The van der Waals surface area contributed by atoms with E-state index in [2.05, 4.69) is 9.97 Å². The summed E-state index contributed by atoms with van der Waals surface area (Å²) in [6.07, 6.45) is 1.49. The molecule has 0 spiro atoms. The Balaban J connectivity index is 2.98. The van der Waals surface area contributed by atoms with Crippen molar-refractivity contribution in [2.75, 3.05) is 5.73 Å². The van der Waals surface area contributed by atoms with E-state index in [4.69, 9.17) is 5.73 Å². The highest BCUT2D eigenvalue weighted by Crippen LogP contribution is 2.00. The summed E-state index contributed by atoms with van der Waals surface area (Å²) in [4.78, 5) is 18.1. The fourth-order valence-electron chi connectivity index (χ4n) is 1.12. The van der Waals surface area contributed by atoms with Gasteiger partial charge >= 0.3 is 0 Å². The fraction of sp³-hybridized carbons (Fsp3) is 0.143. The number of nitrogen functional groups attached to an aromatic ring is 1. The average molecular weight is 164 g/mol. The van der Waals surface area contributed by atoms with Crippen LogP contribution in [0.3, 0.4) is 0 Å². The van der Waals surface area contributed by atoms with Crippen LogP contribution in [0.15, 0.2) is 17.1 Å². The lowest BCUT2D eigenvalue weighted by molar-refractivity contribution is 1.02. The molecule has 5 heteroatoms. The van der Waals surface area contributed by atoms with Crippen molar-refractivity contribution >= 4 is 11.6 Å². The quantitative estimate of drug-likeness (QED) is 0.571. The highest BCUT2D eigenvalue weighted by molar-refractivity contribution is 5.40. The maximum atomic E-state index is 11.3. The van der Waals surface area contributed by atoms with Crippen LogP contribution in [0, 0.1) is 6.92 Å². The highest BCUT2D eigenvalue weighted by atomic mass is 16.1. The molecule has 0 saturated heterocycles. The van der Waals surface area contributed by atoms with Gasteiger partial charge in [0.2, 0.25) is 5.78 Å².